The maximum atomic E-state index is 12.0. The van der Waals surface area contributed by atoms with Crippen LogP contribution in [-0.2, 0) is 14.3 Å². The minimum Gasteiger partial charge on any atom is -0.427 e. The molecule has 0 saturated heterocycles. The van der Waals surface area contributed by atoms with Crippen LogP contribution in [0.15, 0.2) is 63.7 Å². The molecule has 0 bridgehead atoms. The first-order valence-corrected chi connectivity index (χ1v) is 7.87. The molecule has 0 N–H and O–H groups in total. The van der Waals surface area contributed by atoms with Gasteiger partial charge in [0.15, 0.2) is 5.70 Å². The van der Waals surface area contributed by atoms with Crippen LogP contribution in [0.2, 0.25) is 0 Å². The van der Waals surface area contributed by atoms with Crippen LogP contribution >= 0.6 is 15.9 Å². The molecule has 1 aliphatic heterocycles. The fourth-order valence-electron chi connectivity index (χ4n) is 2.15. The number of nitrogens with zero attached hydrogens (tertiary/aromatic N) is 1. The van der Waals surface area contributed by atoms with Crippen molar-refractivity contribution in [3.63, 3.8) is 0 Å². The highest BCUT2D eigenvalue weighted by Gasteiger charge is 2.24. The molecule has 0 atom stereocenters. The Morgan fingerprint density at radius 1 is 1.21 bits per heavy atom. The Labute approximate surface area is 146 Å². The molecule has 2 aromatic carbocycles. The summed E-state index contributed by atoms with van der Waals surface area (Å²) in [5.74, 6) is -0.277. The van der Waals surface area contributed by atoms with Gasteiger partial charge in [0.1, 0.15) is 5.75 Å². The Bertz CT molecular complexity index is 886. The Kier molecular flexibility index (Phi) is 4.57. The number of ether oxygens (including phenoxy) is 2. The number of hydrogen-bond donors (Lipinski definition) is 0. The smallest absolute Gasteiger partial charge is 0.363 e. The largest absolute Gasteiger partial charge is 0.427 e. The second-order valence-electron chi connectivity index (χ2n) is 5.01. The van der Waals surface area contributed by atoms with Gasteiger partial charge >= 0.3 is 11.9 Å². The number of hydrogen-bond acceptors (Lipinski definition) is 5. The Balaban J connectivity index is 1.90. The number of benzene rings is 2. The van der Waals surface area contributed by atoms with E-state index in [1.54, 1.807) is 36.4 Å². The maximum absolute atomic E-state index is 12.0. The van der Waals surface area contributed by atoms with E-state index >= 15 is 0 Å². The molecule has 1 aliphatic rings. The lowest BCUT2D eigenvalue weighted by molar-refractivity contribution is -0.132. The lowest BCUT2D eigenvalue weighted by atomic mass is 10.2. The van der Waals surface area contributed by atoms with Gasteiger partial charge in [0.05, 0.1) is 0 Å². The lowest BCUT2D eigenvalue weighted by Gasteiger charge is -2.01. The molecular formula is C18H12BrNO4. The van der Waals surface area contributed by atoms with Crippen molar-refractivity contribution in [3.05, 3.63) is 69.8 Å². The molecule has 24 heavy (non-hydrogen) atoms. The first kappa shape index (κ1) is 16.1. The van der Waals surface area contributed by atoms with Gasteiger partial charge in [0.2, 0.25) is 5.90 Å². The molecule has 120 valence electrons. The zero-order valence-corrected chi connectivity index (χ0v) is 14.2. The fourth-order valence-corrected chi connectivity index (χ4v) is 2.55. The van der Waals surface area contributed by atoms with Crippen LogP contribution in [0, 0.1) is 0 Å². The van der Waals surface area contributed by atoms with Crippen LogP contribution in [-0.4, -0.2) is 17.8 Å². The second-order valence-corrected chi connectivity index (χ2v) is 5.93. The van der Waals surface area contributed by atoms with Crippen LogP contribution in [0.1, 0.15) is 18.1 Å². The third kappa shape index (κ3) is 3.78. The summed E-state index contributed by atoms with van der Waals surface area (Å²) in [6.45, 7) is 1.33. The summed E-state index contributed by atoms with van der Waals surface area (Å²) in [6, 6.07) is 14.1. The predicted octanol–water partition coefficient (Wildman–Crippen LogP) is 3.72. The van der Waals surface area contributed by atoms with Crippen molar-refractivity contribution in [2.24, 2.45) is 4.99 Å². The zero-order chi connectivity index (χ0) is 17.1. The van der Waals surface area contributed by atoms with E-state index in [0.29, 0.717) is 16.9 Å². The molecule has 0 aliphatic carbocycles. The average Bonchev–Trinajstić information content (AvgIpc) is 2.88. The Morgan fingerprint density at radius 2 is 2.00 bits per heavy atom. The number of rotatable bonds is 3. The van der Waals surface area contributed by atoms with Crippen LogP contribution in [0.25, 0.3) is 6.08 Å². The van der Waals surface area contributed by atoms with E-state index in [0.717, 1.165) is 4.47 Å². The normalized spacial score (nSPS) is 15.2. The molecule has 6 heteroatoms. The van der Waals surface area contributed by atoms with E-state index in [2.05, 4.69) is 20.9 Å². The van der Waals surface area contributed by atoms with Crippen molar-refractivity contribution in [1.82, 2.24) is 0 Å². The number of halogens is 1. The summed E-state index contributed by atoms with van der Waals surface area (Å²) in [6.07, 6.45) is 1.58. The van der Waals surface area contributed by atoms with Crippen LogP contribution in [0.4, 0.5) is 0 Å². The van der Waals surface area contributed by atoms with Crippen molar-refractivity contribution in [3.8, 4) is 5.75 Å². The topological polar surface area (TPSA) is 65.0 Å². The van der Waals surface area contributed by atoms with Gasteiger partial charge < -0.3 is 9.47 Å². The van der Waals surface area contributed by atoms with E-state index in [1.165, 1.54) is 6.92 Å². The summed E-state index contributed by atoms with van der Waals surface area (Å²) < 4.78 is 11.1. The number of aliphatic imine (C=N–C) groups is 1. The van der Waals surface area contributed by atoms with Gasteiger partial charge in [-0.25, -0.2) is 9.79 Å². The highest BCUT2D eigenvalue weighted by Crippen LogP contribution is 2.22. The minimum atomic E-state index is -0.525. The lowest BCUT2D eigenvalue weighted by Crippen LogP contribution is -2.05. The molecule has 0 amide bonds. The van der Waals surface area contributed by atoms with E-state index in [-0.39, 0.29) is 11.6 Å². The van der Waals surface area contributed by atoms with Crippen molar-refractivity contribution in [2.45, 2.75) is 6.92 Å². The van der Waals surface area contributed by atoms with E-state index in [4.69, 9.17) is 9.47 Å². The molecule has 0 fully saturated rings. The molecular weight excluding hydrogens is 374 g/mol. The quantitative estimate of drug-likeness (QED) is 0.458. The molecule has 5 nitrogen and oxygen atoms in total. The van der Waals surface area contributed by atoms with Gasteiger partial charge in [-0.1, -0.05) is 34.1 Å². The summed E-state index contributed by atoms with van der Waals surface area (Å²) in [4.78, 5) is 27.3. The molecule has 0 aromatic heterocycles. The second kappa shape index (κ2) is 6.80. The summed E-state index contributed by atoms with van der Waals surface area (Å²) >= 11 is 3.37. The van der Waals surface area contributed by atoms with E-state index in [9.17, 15) is 9.59 Å². The number of carbonyl (C=O) groups excluding carboxylic acids is 2. The summed E-state index contributed by atoms with van der Waals surface area (Å²) in [5.41, 5.74) is 1.57. The van der Waals surface area contributed by atoms with Crippen LogP contribution in [0.5, 0.6) is 5.75 Å². The van der Waals surface area contributed by atoms with Gasteiger partial charge in [-0.15, -0.1) is 0 Å². The standard InChI is InChI=1S/C18H12BrNO4/c1-11(21)23-15-7-2-4-12(8-15)9-16-18(22)24-17(20-16)13-5-3-6-14(19)10-13/h2-10H,1H3/b16-9-. The fraction of sp³-hybridized carbons (Fsp3) is 0.0556. The van der Waals surface area contributed by atoms with Gasteiger partial charge in [-0.2, -0.15) is 0 Å². The number of carbonyl (C=O) groups is 2. The van der Waals surface area contributed by atoms with Crippen molar-refractivity contribution >= 4 is 39.8 Å². The predicted molar refractivity (Wildman–Crippen MR) is 92.5 cm³/mol. The maximum Gasteiger partial charge on any atom is 0.363 e. The minimum absolute atomic E-state index is 0.185. The van der Waals surface area contributed by atoms with E-state index in [1.807, 2.05) is 18.2 Å². The Hall–Kier alpha value is -2.73. The Morgan fingerprint density at radius 3 is 2.75 bits per heavy atom. The molecule has 2 aromatic rings. The van der Waals surface area contributed by atoms with Gasteiger partial charge in [0.25, 0.3) is 0 Å². The van der Waals surface area contributed by atoms with E-state index < -0.39 is 11.9 Å². The molecule has 0 radical (unpaired) electrons. The number of esters is 2. The first-order chi connectivity index (χ1) is 11.5. The summed E-state index contributed by atoms with van der Waals surface area (Å²) in [5, 5.41) is 0. The SMILES string of the molecule is CC(=O)Oc1cccc(/C=C2\N=C(c3cccc(Br)c3)OC2=O)c1. The third-order valence-electron chi connectivity index (χ3n) is 3.12. The third-order valence-corrected chi connectivity index (χ3v) is 3.61. The molecule has 0 saturated carbocycles. The highest BCUT2D eigenvalue weighted by molar-refractivity contribution is 9.10. The van der Waals surface area contributed by atoms with Crippen molar-refractivity contribution in [2.75, 3.05) is 0 Å². The molecule has 3 rings (SSSR count). The van der Waals surface area contributed by atoms with Gasteiger partial charge in [-0.3, -0.25) is 4.79 Å². The highest BCUT2D eigenvalue weighted by atomic mass is 79.9. The van der Waals surface area contributed by atoms with Gasteiger partial charge in [-0.05, 0) is 42.0 Å². The van der Waals surface area contributed by atoms with Crippen molar-refractivity contribution < 1.29 is 19.1 Å². The molecule has 0 unspecified atom stereocenters. The molecule has 1 heterocycles. The molecule has 0 spiro atoms. The zero-order valence-electron chi connectivity index (χ0n) is 12.7. The monoisotopic (exact) mass is 385 g/mol. The van der Waals surface area contributed by atoms with Crippen molar-refractivity contribution in [1.29, 1.82) is 0 Å². The van der Waals surface area contributed by atoms with Crippen LogP contribution < -0.4 is 4.74 Å². The van der Waals surface area contributed by atoms with Crippen LogP contribution in [0.3, 0.4) is 0 Å². The average molecular weight is 386 g/mol. The summed E-state index contributed by atoms with van der Waals surface area (Å²) in [7, 11) is 0. The first-order valence-electron chi connectivity index (χ1n) is 7.08. The number of cyclic esters (lactones) is 1. The van der Waals surface area contributed by atoms with Gasteiger partial charge in [0, 0.05) is 17.0 Å².